The lowest BCUT2D eigenvalue weighted by atomic mass is 9.53. The highest BCUT2D eigenvalue weighted by Crippen LogP contribution is 2.52. The average molecular weight is 612 g/mol. The summed E-state index contributed by atoms with van der Waals surface area (Å²) < 4.78 is 1.91. The lowest BCUT2D eigenvalue weighted by Gasteiger charge is -2.51. The number of rotatable bonds is 5. The number of thiocarbonyl (C=S) groups is 2. The van der Waals surface area contributed by atoms with Gasteiger partial charge in [-0.3, -0.25) is 9.59 Å². The molecule has 33 heavy (non-hydrogen) atoms. The summed E-state index contributed by atoms with van der Waals surface area (Å²) >= 11 is 17.3. The average Bonchev–Trinajstić information content (AvgIpc) is 2.74. The van der Waals surface area contributed by atoms with Gasteiger partial charge in [-0.2, -0.15) is 0 Å². The Kier molecular flexibility index (Phi) is 8.60. The number of hydrogen-bond acceptors (Lipinski definition) is 4. The summed E-state index contributed by atoms with van der Waals surface area (Å²) in [5.74, 6) is -0.475. The van der Waals surface area contributed by atoms with Crippen LogP contribution in [0.15, 0.2) is 57.5 Å². The van der Waals surface area contributed by atoms with Gasteiger partial charge in [0.2, 0.25) is 11.8 Å². The number of hydrogen-bond donors (Lipinski definition) is 4. The van der Waals surface area contributed by atoms with Gasteiger partial charge in [-0.1, -0.05) is 45.7 Å². The van der Waals surface area contributed by atoms with Crippen molar-refractivity contribution in [2.45, 2.75) is 26.7 Å². The number of benzene rings is 2. The van der Waals surface area contributed by atoms with E-state index in [-0.39, 0.29) is 39.3 Å². The Morgan fingerprint density at radius 2 is 1.33 bits per heavy atom. The normalized spacial score (nSPS) is 18.4. The van der Waals surface area contributed by atoms with Gasteiger partial charge < -0.3 is 21.3 Å². The Labute approximate surface area is 220 Å². The van der Waals surface area contributed by atoms with Crippen LogP contribution in [0, 0.1) is 17.3 Å². The molecule has 2 aromatic rings. The summed E-state index contributed by atoms with van der Waals surface area (Å²) in [4.78, 5) is 25.2. The smallest absolute Gasteiger partial charge is 0.229 e. The fourth-order valence-corrected chi connectivity index (χ4v) is 4.78. The first-order chi connectivity index (χ1) is 15.5. The van der Waals surface area contributed by atoms with E-state index in [0.29, 0.717) is 12.8 Å². The molecule has 0 radical (unpaired) electrons. The topological polar surface area (TPSA) is 82.3 Å². The van der Waals surface area contributed by atoms with Gasteiger partial charge in [-0.05, 0) is 90.7 Å². The minimum atomic E-state index is -0.338. The minimum absolute atomic E-state index is 0.0664. The van der Waals surface area contributed by atoms with Crippen LogP contribution < -0.4 is 21.3 Å². The van der Waals surface area contributed by atoms with Crippen LogP contribution in [0.2, 0.25) is 0 Å². The summed E-state index contributed by atoms with van der Waals surface area (Å²) in [6.45, 7) is 4.00. The molecule has 0 aromatic heterocycles. The van der Waals surface area contributed by atoms with Crippen LogP contribution in [0.4, 0.5) is 11.4 Å². The van der Waals surface area contributed by atoms with Gasteiger partial charge in [0.05, 0.1) is 0 Å². The summed E-state index contributed by atoms with van der Waals surface area (Å²) in [5.41, 5.74) is 1.24. The van der Waals surface area contributed by atoms with Gasteiger partial charge in [0, 0.05) is 32.7 Å². The lowest BCUT2D eigenvalue weighted by molar-refractivity contribution is -0.143. The van der Waals surface area contributed by atoms with Crippen molar-refractivity contribution in [1.82, 2.24) is 10.6 Å². The molecule has 1 aliphatic carbocycles. The Morgan fingerprint density at radius 1 is 0.879 bits per heavy atom. The van der Waals surface area contributed by atoms with E-state index < -0.39 is 0 Å². The molecule has 0 unspecified atom stereocenters. The van der Waals surface area contributed by atoms with Crippen molar-refractivity contribution >= 4 is 89.7 Å². The summed E-state index contributed by atoms with van der Waals surface area (Å²) in [6, 6.07) is 15.0. The summed E-state index contributed by atoms with van der Waals surface area (Å²) in [5, 5.41) is 12.0. The van der Waals surface area contributed by atoms with Gasteiger partial charge in [-0.15, -0.1) is 0 Å². The van der Waals surface area contributed by atoms with Crippen LogP contribution in [0.5, 0.6) is 0 Å². The number of nitrogens with one attached hydrogen (secondary N) is 4. The van der Waals surface area contributed by atoms with Crippen LogP contribution in [0.3, 0.4) is 0 Å². The summed E-state index contributed by atoms with van der Waals surface area (Å²) in [6.07, 6.45) is 0.903. The van der Waals surface area contributed by atoms with Crippen molar-refractivity contribution in [3.8, 4) is 0 Å². The summed E-state index contributed by atoms with van der Waals surface area (Å²) in [7, 11) is 0. The molecule has 1 aliphatic rings. The molecule has 6 nitrogen and oxygen atoms in total. The fraction of sp³-hybridized carbons (Fsp3) is 0.304. The lowest BCUT2D eigenvalue weighted by Crippen LogP contribution is -2.55. The molecular weight excluding hydrogens is 588 g/mol. The fourth-order valence-electron chi connectivity index (χ4n) is 3.80. The molecule has 0 aliphatic heterocycles. The van der Waals surface area contributed by atoms with E-state index in [0.717, 1.165) is 20.3 Å². The molecule has 4 N–H and O–H groups in total. The molecule has 1 fully saturated rings. The van der Waals surface area contributed by atoms with Crippen molar-refractivity contribution < 1.29 is 9.59 Å². The van der Waals surface area contributed by atoms with Gasteiger partial charge in [0.1, 0.15) is 0 Å². The standard InChI is InChI=1S/C23H24Br2N4O2S2/c1-23(2)13(12-19(30)28-21(32)26-16-7-3-14(24)4-8-16)11-18(23)20(31)29-22(33)27-17-9-5-15(25)6-10-17/h3-10,13,18H,11-12H2,1-2H3,(H2,26,28,30,32)(H2,27,29,31,33)/t13-,18-/m0/s1. The third-order valence-corrected chi connectivity index (χ3v) is 7.38. The predicted octanol–water partition coefficient (Wildman–Crippen LogP) is 5.59. The first-order valence-electron chi connectivity index (χ1n) is 10.3. The number of amides is 2. The molecule has 2 aromatic carbocycles. The molecule has 0 saturated heterocycles. The van der Waals surface area contributed by atoms with E-state index in [2.05, 4.69) is 53.1 Å². The molecule has 10 heteroatoms. The predicted molar refractivity (Wildman–Crippen MR) is 147 cm³/mol. The molecule has 174 valence electrons. The number of anilines is 2. The number of halogens is 2. The molecule has 0 bridgehead atoms. The second-order valence-electron chi connectivity index (χ2n) is 8.47. The SMILES string of the molecule is CC1(C)[C@H](CC(=O)NC(=S)Nc2ccc(Br)cc2)C[C@H]1C(=O)NC(=S)Nc1ccc(Br)cc1. The van der Waals surface area contributed by atoms with E-state index in [1.165, 1.54) is 0 Å². The van der Waals surface area contributed by atoms with Crippen molar-refractivity contribution in [2.24, 2.45) is 17.3 Å². The van der Waals surface area contributed by atoms with Crippen LogP contribution in [0.1, 0.15) is 26.7 Å². The van der Waals surface area contributed by atoms with Gasteiger partial charge in [0.25, 0.3) is 0 Å². The van der Waals surface area contributed by atoms with Crippen LogP contribution in [0.25, 0.3) is 0 Å². The monoisotopic (exact) mass is 610 g/mol. The Morgan fingerprint density at radius 3 is 1.79 bits per heavy atom. The maximum atomic E-state index is 12.8. The zero-order valence-corrected chi connectivity index (χ0v) is 22.9. The highest BCUT2D eigenvalue weighted by atomic mass is 79.9. The van der Waals surface area contributed by atoms with Gasteiger partial charge in [0.15, 0.2) is 10.2 Å². The molecular formula is C23H24Br2N4O2S2. The third kappa shape index (κ3) is 7.05. The maximum Gasteiger partial charge on any atom is 0.229 e. The second kappa shape index (κ2) is 11.0. The second-order valence-corrected chi connectivity index (χ2v) is 11.1. The van der Waals surface area contributed by atoms with Crippen molar-refractivity contribution in [3.05, 3.63) is 57.5 Å². The third-order valence-electron chi connectivity index (χ3n) is 5.91. The Balaban J connectivity index is 1.45. The van der Waals surface area contributed by atoms with Crippen molar-refractivity contribution in [3.63, 3.8) is 0 Å². The number of carbonyl (C=O) groups is 2. The molecule has 2 atom stereocenters. The van der Waals surface area contributed by atoms with Crippen molar-refractivity contribution in [2.75, 3.05) is 10.6 Å². The zero-order chi connectivity index (χ0) is 24.2. The first kappa shape index (κ1) is 25.7. The maximum absolute atomic E-state index is 12.8. The van der Waals surface area contributed by atoms with Gasteiger partial charge >= 0.3 is 0 Å². The largest absolute Gasteiger partial charge is 0.332 e. The quantitative estimate of drug-likeness (QED) is 0.330. The molecule has 3 rings (SSSR count). The first-order valence-corrected chi connectivity index (χ1v) is 12.7. The van der Waals surface area contributed by atoms with E-state index >= 15 is 0 Å². The van der Waals surface area contributed by atoms with E-state index in [9.17, 15) is 9.59 Å². The molecule has 2 amide bonds. The van der Waals surface area contributed by atoms with Crippen LogP contribution >= 0.6 is 56.3 Å². The highest BCUT2D eigenvalue weighted by Gasteiger charge is 2.52. The van der Waals surface area contributed by atoms with Crippen LogP contribution in [-0.4, -0.2) is 22.0 Å². The molecule has 0 heterocycles. The molecule has 0 spiro atoms. The Bertz CT molecular complexity index is 1060. The molecule has 1 saturated carbocycles. The zero-order valence-electron chi connectivity index (χ0n) is 18.1. The Hall–Kier alpha value is -1.88. The minimum Gasteiger partial charge on any atom is -0.332 e. The number of carbonyl (C=O) groups excluding carboxylic acids is 2. The van der Waals surface area contributed by atoms with Crippen LogP contribution in [-0.2, 0) is 9.59 Å². The van der Waals surface area contributed by atoms with Gasteiger partial charge in [-0.25, -0.2) is 0 Å². The highest BCUT2D eigenvalue weighted by molar-refractivity contribution is 9.10. The van der Waals surface area contributed by atoms with Crippen molar-refractivity contribution in [1.29, 1.82) is 0 Å². The van der Waals surface area contributed by atoms with E-state index in [1.807, 2.05) is 62.4 Å². The van der Waals surface area contributed by atoms with E-state index in [4.69, 9.17) is 24.4 Å². The van der Waals surface area contributed by atoms with E-state index in [1.54, 1.807) is 0 Å².